The molecule has 0 saturated carbocycles. The third-order valence-electron chi connectivity index (χ3n) is 4.60. The lowest BCUT2D eigenvalue weighted by atomic mass is 10.1. The van der Waals surface area contributed by atoms with Crippen LogP contribution in [-0.2, 0) is 0 Å². The molecule has 5 heteroatoms. The summed E-state index contributed by atoms with van der Waals surface area (Å²) in [5.41, 5.74) is 4.95. The Morgan fingerprint density at radius 2 is 1.88 bits per heavy atom. The van der Waals surface area contributed by atoms with E-state index in [2.05, 4.69) is 36.3 Å². The molecule has 1 N–H and O–H groups in total. The van der Waals surface area contributed by atoms with Crippen molar-refractivity contribution >= 4 is 29.0 Å². The van der Waals surface area contributed by atoms with Crippen molar-refractivity contribution in [1.29, 1.82) is 0 Å². The predicted octanol–water partition coefficient (Wildman–Crippen LogP) is 5.12. The molecule has 26 heavy (non-hydrogen) atoms. The van der Waals surface area contributed by atoms with Crippen LogP contribution in [0.5, 0.6) is 0 Å². The van der Waals surface area contributed by atoms with Gasteiger partial charge in [0.1, 0.15) is 12.0 Å². The highest BCUT2D eigenvalue weighted by Crippen LogP contribution is 2.37. The van der Waals surface area contributed by atoms with Gasteiger partial charge in [0.05, 0.1) is 5.02 Å². The van der Waals surface area contributed by atoms with Crippen LogP contribution in [0.1, 0.15) is 33.2 Å². The van der Waals surface area contributed by atoms with E-state index >= 15 is 0 Å². The molecule has 0 bridgehead atoms. The van der Waals surface area contributed by atoms with Gasteiger partial charge in [-0.3, -0.25) is 9.69 Å². The second kappa shape index (κ2) is 6.46. The minimum atomic E-state index is -0.325. The average Bonchev–Trinajstić information content (AvgIpc) is 2.91. The molecule has 0 aliphatic carbocycles. The summed E-state index contributed by atoms with van der Waals surface area (Å²) in [7, 11) is 0. The molecule has 1 aliphatic rings. The SMILES string of the molecule is Cc1ccc(NC2c3ccccc3C(=O)N2c2ccc(Cl)cn2)c(C)c1. The number of pyridine rings is 1. The van der Waals surface area contributed by atoms with Gasteiger partial charge in [0.15, 0.2) is 0 Å². The molecule has 4 nitrogen and oxygen atoms in total. The summed E-state index contributed by atoms with van der Waals surface area (Å²) in [6, 6.07) is 17.4. The minimum absolute atomic E-state index is 0.0716. The summed E-state index contributed by atoms with van der Waals surface area (Å²) in [5, 5.41) is 4.06. The number of aryl methyl sites for hydroxylation is 2. The molecule has 1 aliphatic heterocycles. The van der Waals surface area contributed by atoms with Gasteiger partial charge in [-0.2, -0.15) is 0 Å². The van der Waals surface area contributed by atoms with E-state index in [0.717, 1.165) is 16.8 Å². The zero-order chi connectivity index (χ0) is 18.3. The third-order valence-corrected chi connectivity index (χ3v) is 4.82. The van der Waals surface area contributed by atoms with Gasteiger partial charge in [0.2, 0.25) is 0 Å². The number of fused-ring (bicyclic) bond motifs is 1. The van der Waals surface area contributed by atoms with Gasteiger partial charge in [0.25, 0.3) is 5.91 Å². The van der Waals surface area contributed by atoms with E-state index in [-0.39, 0.29) is 12.1 Å². The van der Waals surface area contributed by atoms with Crippen LogP contribution in [0, 0.1) is 13.8 Å². The molecule has 1 unspecified atom stereocenters. The molecule has 1 aromatic heterocycles. The summed E-state index contributed by atoms with van der Waals surface area (Å²) in [6.07, 6.45) is 1.23. The van der Waals surface area contributed by atoms with Crippen molar-refractivity contribution in [2.75, 3.05) is 10.2 Å². The molecule has 0 saturated heterocycles. The summed E-state index contributed by atoms with van der Waals surface area (Å²) in [5.74, 6) is 0.496. The van der Waals surface area contributed by atoms with Crippen LogP contribution in [0.25, 0.3) is 0 Å². The van der Waals surface area contributed by atoms with Crippen molar-refractivity contribution < 1.29 is 4.79 Å². The van der Waals surface area contributed by atoms with Gasteiger partial charge >= 0.3 is 0 Å². The van der Waals surface area contributed by atoms with Gasteiger partial charge in [-0.05, 0) is 43.7 Å². The highest BCUT2D eigenvalue weighted by molar-refractivity contribution is 6.30. The van der Waals surface area contributed by atoms with E-state index < -0.39 is 0 Å². The van der Waals surface area contributed by atoms with E-state index in [4.69, 9.17) is 11.6 Å². The first-order chi connectivity index (χ1) is 12.5. The molecule has 4 rings (SSSR count). The first-order valence-corrected chi connectivity index (χ1v) is 8.80. The Bertz CT molecular complexity index is 985. The van der Waals surface area contributed by atoms with E-state index in [1.54, 1.807) is 23.2 Å². The molecular formula is C21H18ClN3O. The lowest BCUT2D eigenvalue weighted by Crippen LogP contribution is -2.33. The summed E-state index contributed by atoms with van der Waals surface area (Å²) in [4.78, 5) is 19.1. The van der Waals surface area contributed by atoms with Crippen LogP contribution < -0.4 is 10.2 Å². The fourth-order valence-electron chi connectivity index (χ4n) is 3.33. The molecule has 2 heterocycles. The normalized spacial score (nSPS) is 15.9. The highest BCUT2D eigenvalue weighted by Gasteiger charge is 2.38. The number of halogens is 1. The number of rotatable bonds is 3. The zero-order valence-electron chi connectivity index (χ0n) is 14.5. The number of amides is 1. The van der Waals surface area contributed by atoms with Crippen molar-refractivity contribution in [3.63, 3.8) is 0 Å². The van der Waals surface area contributed by atoms with E-state index in [1.165, 1.54) is 5.56 Å². The fourth-order valence-corrected chi connectivity index (χ4v) is 3.44. The smallest absolute Gasteiger partial charge is 0.261 e. The number of carbonyl (C=O) groups excluding carboxylic acids is 1. The Balaban J connectivity index is 1.79. The number of anilines is 2. The maximum absolute atomic E-state index is 13.0. The van der Waals surface area contributed by atoms with Crippen molar-refractivity contribution in [1.82, 2.24) is 4.98 Å². The van der Waals surface area contributed by atoms with Gasteiger partial charge < -0.3 is 5.32 Å². The van der Waals surface area contributed by atoms with Crippen molar-refractivity contribution in [3.05, 3.63) is 88.1 Å². The van der Waals surface area contributed by atoms with E-state index in [1.807, 2.05) is 30.3 Å². The molecule has 3 aromatic rings. The lowest BCUT2D eigenvalue weighted by molar-refractivity contribution is 0.0992. The molecule has 1 amide bonds. The summed E-state index contributed by atoms with van der Waals surface area (Å²) >= 11 is 5.96. The van der Waals surface area contributed by atoms with Crippen LogP contribution in [0.4, 0.5) is 11.5 Å². The highest BCUT2D eigenvalue weighted by atomic mass is 35.5. The molecule has 0 fully saturated rings. The number of hydrogen-bond donors (Lipinski definition) is 1. The Labute approximate surface area is 157 Å². The van der Waals surface area contributed by atoms with Gasteiger partial charge in [-0.15, -0.1) is 0 Å². The molecule has 2 aromatic carbocycles. The number of nitrogens with one attached hydrogen (secondary N) is 1. The standard InChI is InChI=1S/C21H18ClN3O/c1-13-7-9-18(14(2)11-13)24-20-16-5-3-4-6-17(16)21(26)25(20)19-10-8-15(22)12-23-19/h3-12,20,24H,1-2H3. The fraction of sp³-hybridized carbons (Fsp3) is 0.143. The van der Waals surface area contributed by atoms with Gasteiger partial charge in [-0.1, -0.05) is 47.5 Å². The van der Waals surface area contributed by atoms with Crippen LogP contribution in [-0.4, -0.2) is 10.9 Å². The van der Waals surface area contributed by atoms with Crippen LogP contribution in [0.3, 0.4) is 0 Å². The van der Waals surface area contributed by atoms with Crippen molar-refractivity contribution in [2.24, 2.45) is 0 Å². The predicted molar refractivity (Wildman–Crippen MR) is 105 cm³/mol. The number of nitrogens with zero attached hydrogens (tertiary/aromatic N) is 2. The Kier molecular flexibility index (Phi) is 4.13. The summed E-state index contributed by atoms with van der Waals surface area (Å²) in [6.45, 7) is 4.12. The van der Waals surface area contributed by atoms with Gasteiger partial charge in [0, 0.05) is 23.0 Å². The molecule has 0 spiro atoms. The number of carbonyl (C=O) groups is 1. The first-order valence-electron chi connectivity index (χ1n) is 8.42. The molecular weight excluding hydrogens is 346 g/mol. The second-order valence-electron chi connectivity index (χ2n) is 6.46. The zero-order valence-corrected chi connectivity index (χ0v) is 15.3. The second-order valence-corrected chi connectivity index (χ2v) is 6.90. The molecule has 0 radical (unpaired) electrons. The average molecular weight is 364 g/mol. The quantitative estimate of drug-likeness (QED) is 0.702. The Hall–Kier alpha value is -2.85. The van der Waals surface area contributed by atoms with Crippen LogP contribution >= 0.6 is 11.6 Å². The maximum Gasteiger partial charge on any atom is 0.261 e. The minimum Gasteiger partial charge on any atom is -0.361 e. The molecule has 1 atom stereocenters. The summed E-state index contributed by atoms with van der Waals surface area (Å²) < 4.78 is 0. The van der Waals surface area contributed by atoms with Crippen LogP contribution in [0.15, 0.2) is 60.8 Å². The van der Waals surface area contributed by atoms with Crippen molar-refractivity contribution in [2.45, 2.75) is 20.0 Å². The van der Waals surface area contributed by atoms with E-state index in [0.29, 0.717) is 16.4 Å². The number of aromatic nitrogens is 1. The first kappa shape index (κ1) is 16.6. The largest absolute Gasteiger partial charge is 0.361 e. The lowest BCUT2D eigenvalue weighted by Gasteiger charge is -2.27. The van der Waals surface area contributed by atoms with Crippen molar-refractivity contribution in [3.8, 4) is 0 Å². The Morgan fingerprint density at radius 1 is 1.08 bits per heavy atom. The third kappa shape index (κ3) is 2.82. The topological polar surface area (TPSA) is 45.2 Å². The molecule has 130 valence electrons. The van der Waals surface area contributed by atoms with Gasteiger partial charge in [-0.25, -0.2) is 4.98 Å². The van der Waals surface area contributed by atoms with Crippen LogP contribution in [0.2, 0.25) is 5.02 Å². The number of benzene rings is 2. The number of hydrogen-bond acceptors (Lipinski definition) is 3. The monoisotopic (exact) mass is 363 g/mol. The Morgan fingerprint density at radius 3 is 2.62 bits per heavy atom. The maximum atomic E-state index is 13.0. The van der Waals surface area contributed by atoms with E-state index in [9.17, 15) is 4.79 Å².